The minimum absolute atomic E-state index is 0.0358. The normalized spacial score (nSPS) is 16.1. The van der Waals surface area contributed by atoms with Gasteiger partial charge in [-0.1, -0.05) is 283 Å². The first-order chi connectivity index (χ1) is 34.0. The highest BCUT2D eigenvalue weighted by Crippen LogP contribution is 2.34. The fourth-order valence-electron chi connectivity index (χ4n) is 10.7. The lowest BCUT2D eigenvalue weighted by Gasteiger charge is -2.33. The van der Waals surface area contributed by atoms with Gasteiger partial charge in [0.05, 0.1) is 0 Å². The molecule has 0 spiro atoms. The summed E-state index contributed by atoms with van der Waals surface area (Å²) in [5.74, 6) is -0.742. The van der Waals surface area contributed by atoms with E-state index in [0.29, 0.717) is 38.9 Å². The molecule has 0 saturated heterocycles. The summed E-state index contributed by atoms with van der Waals surface area (Å²) in [6, 6.07) is 0. The van der Waals surface area contributed by atoms with Crippen molar-refractivity contribution in [2.45, 2.75) is 335 Å². The molecule has 3 atom stereocenters. The van der Waals surface area contributed by atoms with Crippen LogP contribution in [-0.4, -0.2) is 37.4 Å². The molecule has 0 heterocycles. The Morgan fingerprint density at radius 2 is 0.449 bits per heavy atom. The fraction of sp³-hybridized carbons (Fsp3) is 0.921. The van der Waals surface area contributed by atoms with Crippen LogP contribution in [0.4, 0.5) is 0 Å². The summed E-state index contributed by atoms with van der Waals surface area (Å²) in [6.45, 7) is 8.92. The van der Waals surface area contributed by atoms with Gasteiger partial charge in [0.15, 0.2) is 0 Å². The van der Waals surface area contributed by atoms with Gasteiger partial charge in [-0.05, 0) is 64.2 Å². The van der Waals surface area contributed by atoms with Gasteiger partial charge in [0.1, 0.15) is 0 Å². The third-order valence-electron chi connectivity index (χ3n) is 15.5. The second kappa shape index (κ2) is 52.5. The smallest absolute Gasteiger partial charge is 0.223 e. The van der Waals surface area contributed by atoms with Crippen molar-refractivity contribution in [2.24, 2.45) is 17.8 Å². The van der Waals surface area contributed by atoms with Gasteiger partial charge in [0, 0.05) is 37.4 Å². The largest absolute Gasteiger partial charge is 0.356 e. The topological polar surface area (TPSA) is 87.3 Å². The lowest BCUT2D eigenvalue weighted by molar-refractivity contribution is -0.134. The van der Waals surface area contributed by atoms with E-state index >= 15 is 0 Å². The first-order valence-electron chi connectivity index (χ1n) is 31.5. The van der Waals surface area contributed by atoms with Crippen LogP contribution in [0.25, 0.3) is 0 Å². The zero-order valence-corrected chi connectivity index (χ0v) is 46.9. The average Bonchev–Trinajstić information content (AvgIpc) is 3.36. The molecule has 1 unspecified atom stereocenters. The first-order valence-corrected chi connectivity index (χ1v) is 31.5. The van der Waals surface area contributed by atoms with Crippen LogP contribution in [0.3, 0.4) is 0 Å². The molecule has 6 heteroatoms. The summed E-state index contributed by atoms with van der Waals surface area (Å²) in [7, 11) is 0. The Morgan fingerprint density at radius 3 is 0.652 bits per heavy atom. The molecule has 0 radical (unpaired) electrons. The zero-order chi connectivity index (χ0) is 49.8. The summed E-state index contributed by atoms with van der Waals surface area (Å²) in [5.41, 5.74) is 0. The maximum absolute atomic E-state index is 13.6. The van der Waals surface area contributed by atoms with Crippen molar-refractivity contribution in [3.05, 3.63) is 12.2 Å². The van der Waals surface area contributed by atoms with Gasteiger partial charge in [0.25, 0.3) is 0 Å². The molecule has 1 saturated carbocycles. The number of hydrogen-bond donors (Lipinski definition) is 3. The van der Waals surface area contributed by atoms with E-state index in [2.05, 4.69) is 48.9 Å². The SMILES string of the molecule is CCCCCCCCC=CCCCCCCCCNC(=O)C1C[C@@H](C(=O)NCCCCCCCCCCCCCCCCCC)C[C@@H](C(=O)NCCCCCCCCCCCCCCCCCC)C1. The Bertz CT molecular complexity index is 1080. The predicted octanol–water partition coefficient (Wildman–Crippen LogP) is 18.9. The van der Waals surface area contributed by atoms with E-state index in [0.717, 1.165) is 38.5 Å². The van der Waals surface area contributed by atoms with Crippen molar-refractivity contribution in [1.29, 1.82) is 0 Å². The molecule has 1 aliphatic rings. The van der Waals surface area contributed by atoms with Crippen LogP contribution in [0.15, 0.2) is 12.2 Å². The molecule has 1 rings (SSSR count). The molecule has 1 aliphatic carbocycles. The molecule has 6 nitrogen and oxygen atoms in total. The summed E-state index contributed by atoms with van der Waals surface area (Å²) >= 11 is 0. The first kappa shape index (κ1) is 65.2. The van der Waals surface area contributed by atoms with E-state index in [1.165, 1.54) is 257 Å². The zero-order valence-electron chi connectivity index (χ0n) is 46.9. The van der Waals surface area contributed by atoms with Crippen molar-refractivity contribution in [2.75, 3.05) is 19.6 Å². The molecule has 0 aromatic rings. The van der Waals surface area contributed by atoms with Gasteiger partial charge in [-0.3, -0.25) is 14.4 Å². The second-order valence-corrected chi connectivity index (χ2v) is 22.2. The van der Waals surface area contributed by atoms with E-state index < -0.39 is 0 Å². The van der Waals surface area contributed by atoms with Crippen molar-refractivity contribution in [1.82, 2.24) is 16.0 Å². The van der Waals surface area contributed by atoms with Crippen LogP contribution in [0.5, 0.6) is 0 Å². The van der Waals surface area contributed by atoms with Crippen LogP contribution in [-0.2, 0) is 14.4 Å². The number of carbonyl (C=O) groups excluding carboxylic acids is 3. The second-order valence-electron chi connectivity index (χ2n) is 22.2. The minimum Gasteiger partial charge on any atom is -0.356 e. The van der Waals surface area contributed by atoms with E-state index in [4.69, 9.17) is 0 Å². The molecule has 0 aromatic carbocycles. The standard InChI is InChI=1S/C63H121N3O3/c1-4-7-10-13-16-19-22-25-28-31-34-37-40-43-46-49-52-64-61(67)58-55-59(62(68)65-53-50-47-44-41-38-35-32-29-26-23-20-17-14-11-8-5-2)57-60(56-58)63(69)66-54-51-48-45-42-39-36-33-30-27-24-21-18-15-12-9-6-3/h25,28,58-60H,4-24,26-27,29-57H2,1-3H3,(H,64,67)(H,65,68)(H,66,69)/t58?,59-,60+. The molecular weight excluding hydrogens is 847 g/mol. The molecule has 406 valence electrons. The Morgan fingerprint density at radius 1 is 0.275 bits per heavy atom. The van der Waals surface area contributed by atoms with Gasteiger partial charge in [0.2, 0.25) is 17.7 Å². The van der Waals surface area contributed by atoms with Crippen molar-refractivity contribution in [3.8, 4) is 0 Å². The van der Waals surface area contributed by atoms with Gasteiger partial charge >= 0.3 is 0 Å². The number of unbranched alkanes of at least 4 members (excludes halogenated alkanes) is 42. The predicted molar refractivity (Wildman–Crippen MR) is 302 cm³/mol. The van der Waals surface area contributed by atoms with E-state index in [1.54, 1.807) is 0 Å². The fourth-order valence-corrected chi connectivity index (χ4v) is 10.7. The Balaban J connectivity index is 2.36. The molecule has 0 bridgehead atoms. The molecule has 0 aliphatic heterocycles. The van der Waals surface area contributed by atoms with E-state index in [9.17, 15) is 14.4 Å². The quantitative estimate of drug-likeness (QED) is 0.0419. The highest BCUT2D eigenvalue weighted by Gasteiger charge is 2.38. The summed E-state index contributed by atoms with van der Waals surface area (Å²) in [4.78, 5) is 40.7. The molecule has 3 amide bonds. The number of hydrogen-bond acceptors (Lipinski definition) is 3. The highest BCUT2D eigenvalue weighted by atomic mass is 16.2. The van der Waals surface area contributed by atoms with Gasteiger partial charge in [-0.2, -0.15) is 0 Å². The van der Waals surface area contributed by atoms with Gasteiger partial charge < -0.3 is 16.0 Å². The number of amides is 3. The van der Waals surface area contributed by atoms with Crippen LogP contribution in [0.1, 0.15) is 335 Å². The third-order valence-corrected chi connectivity index (χ3v) is 15.5. The highest BCUT2D eigenvalue weighted by molar-refractivity contribution is 5.86. The van der Waals surface area contributed by atoms with Crippen LogP contribution in [0, 0.1) is 17.8 Å². The maximum atomic E-state index is 13.6. The van der Waals surface area contributed by atoms with Crippen LogP contribution in [0.2, 0.25) is 0 Å². The average molecular weight is 969 g/mol. The van der Waals surface area contributed by atoms with Crippen LogP contribution < -0.4 is 16.0 Å². The molecule has 69 heavy (non-hydrogen) atoms. The number of allylic oxidation sites excluding steroid dienone is 2. The molecular formula is C63H121N3O3. The van der Waals surface area contributed by atoms with Gasteiger partial charge in [-0.15, -0.1) is 0 Å². The lowest BCUT2D eigenvalue weighted by atomic mass is 9.74. The molecule has 1 fully saturated rings. The maximum Gasteiger partial charge on any atom is 0.223 e. The Hall–Kier alpha value is -1.85. The Kier molecular flexibility index (Phi) is 49.6. The summed E-state index contributed by atoms with van der Waals surface area (Å²) in [6.07, 6.45) is 67.0. The number of nitrogens with one attached hydrogen (secondary N) is 3. The lowest BCUT2D eigenvalue weighted by Crippen LogP contribution is -2.45. The van der Waals surface area contributed by atoms with E-state index in [-0.39, 0.29) is 35.5 Å². The van der Waals surface area contributed by atoms with Gasteiger partial charge in [-0.25, -0.2) is 0 Å². The van der Waals surface area contributed by atoms with Crippen molar-refractivity contribution >= 4 is 17.7 Å². The summed E-state index contributed by atoms with van der Waals surface area (Å²) in [5, 5.41) is 9.66. The minimum atomic E-state index is -0.287. The van der Waals surface area contributed by atoms with E-state index in [1.807, 2.05) is 0 Å². The number of rotatable bonds is 53. The molecule has 3 N–H and O–H groups in total. The molecule has 0 aromatic heterocycles. The Labute approximate surface area is 431 Å². The van der Waals surface area contributed by atoms with Crippen LogP contribution >= 0.6 is 0 Å². The van der Waals surface area contributed by atoms with Crippen molar-refractivity contribution < 1.29 is 14.4 Å². The van der Waals surface area contributed by atoms with Crippen molar-refractivity contribution in [3.63, 3.8) is 0 Å². The number of carbonyl (C=O) groups is 3. The summed E-state index contributed by atoms with van der Waals surface area (Å²) < 4.78 is 0. The monoisotopic (exact) mass is 968 g/mol. The third kappa shape index (κ3) is 43.5.